The van der Waals surface area contributed by atoms with Crippen LogP contribution in [0.5, 0.6) is 0 Å². The molecule has 0 heterocycles. The van der Waals surface area contributed by atoms with Gasteiger partial charge in [-0.3, -0.25) is 0 Å². The monoisotopic (exact) mass is 145 g/mol. The first kappa shape index (κ1) is 7.98. The van der Waals surface area contributed by atoms with Gasteiger partial charge in [-0.15, -0.1) is 0 Å². The third-order valence-electron chi connectivity index (χ3n) is 1.78. The number of hydrogen-bond acceptors (Lipinski definition) is 3. The molecule has 1 fully saturated rings. The fourth-order valence-electron chi connectivity index (χ4n) is 1.20. The molecule has 1 saturated carbocycles. The molecule has 3 nitrogen and oxygen atoms in total. The molecule has 0 radical (unpaired) electrons. The first-order chi connectivity index (χ1) is 4.86. The predicted molar refractivity (Wildman–Crippen MR) is 38.6 cm³/mol. The molecule has 0 amide bonds. The topological polar surface area (TPSA) is 30.5 Å². The van der Waals surface area contributed by atoms with Gasteiger partial charge in [0.2, 0.25) is 0 Å². The van der Waals surface area contributed by atoms with Crippen LogP contribution >= 0.6 is 0 Å². The lowest BCUT2D eigenvalue weighted by Crippen LogP contribution is -2.44. The first-order valence-electron chi connectivity index (χ1n) is 3.77. The Hall–Kier alpha value is -0.120. The van der Waals surface area contributed by atoms with E-state index in [1.54, 1.807) is 7.11 Å². The molecular formula is C7H15NO2. The maximum atomic E-state index is 5.36. The van der Waals surface area contributed by atoms with E-state index in [0.29, 0.717) is 12.1 Å². The van der Waals surface area contributed by atoms with Gasteiger partial charge in [0.15, 0.2) is 0 Å². The number of hydroxylamine groups is 1. The first-order valence-corrected chi connectivity index (χ1v) is 3.77. The summed E-state index contributed by atoms with van der Waals surface area (Å²) in [7, 11) is 1.65. The van der Waals surface area contributed by atoms with Gasteiger partial charge in [0.1, 0.15) is 0 Å². The van der Waals surface area contributed by atoms with Gasteiger partial charge in [0, 0.05) is 12.6 Å². The van der Waals surface area contributed by atoms with Crippen molar-refractivity contribution in [2.75, 3.05) is 13.7 Å². The van der Waals surface area contributed by atoms with Crippen molar-refractivity contribution in [1.29, 1.82) is 0 Å². The lowest BCUT2D eigenvalue weighted by atomic mass is 9.90. The number of hydrogen-bond donors (Lipinski definition) is 1. The zero-order chi connectivity index (χ0) is 7.40. The third kappa shape index (κ3) is 1.94. The van der Waals surface area contributed by atoms with E-state index in [-0.39, 0.29) is 0 Å². The normalized spacial score (nSPS) is 31.8. The summed E-state index contributed by atoms with van der Waals surface area (Å²) in [6, 6.07) is 0.515. The second kappa shape index (κ2) is 3.91. The highest BCUT2D eigenvalue weighted by Gasteiger charge is 2.29. The van der Waals surface area contributed by atoms with Crippen LogP contribution in [0.15, 0.2) is 0 Å². The van der Waals surface area contributed by atoms with E-state index in [2.05, 4.69) is 5.48 Å². The lowest BCUT2D eigenvalue weighted by molar-refractivity contribution is -0.0559. The Morgan fingerprint density at radius 3 is 2.70 bits per heavy atom. The average molecular weight is 145 g/mol. The maximum Gasteiger partial charge on any atom is 0.0606 e. The van der Waals surface area contributed by atoms with Crippen molar-refractivity contribution in [2.24, 2.45) is 0 Å². The molecule has 0 unspecified atom stereocenters. The Kier molecular flexibility index (Phi) is 3.12. The summed E-state index contributed by atoms with van der Waals surface area (Å²) >= 11 is 0. The minimum Gasteiger partial charge on any atom is -0.378 e. The average Bonchev–Trinajstić information content (AvgIpc) is 1.84. The molecule has 0 aromatic carbocycles. The van der Waals surface area contributed by atoms with E-state index in [4.69, 9.17) is 9.57 Å². The molecule has 0 aromatic heterocycles. The van der Waals surface area contributed by atoms with E-state index < -0.39 is 0 Å². The SMILES string of the molecule is CCOC1CC(NOC)C1. The van der Waals surface area contributed by atoms with Crippen molar-refractivity contribution >= 4 is 0 Å². The third-order valence-corrected chi connectivity index (χ3v) is 1.78. The summed E-state index contributed by atoms with van der Waals surface area (Å²) < 4.78 is 5.36. The quantitative estimate of drug-likeness (QED) is 0.591. The van der Waals surface area contributed by atoms with Crippen LogP contribution in [0.1, 0.15) is 19.8 Å². The summed E-state index contributed by atoms with van der Waals surface area (Å²) in [5, 5.41) is 0. The highest BCUT2D eigenvalue weighted by molar-refractivity contribution is 4.83. The van der Waals surface area contributed by atoms with E-state index in [0.717, 1.165) is 19.4 Å². The maximum absolute atomic E-state index is 5.36. The molecule has 60 valence electrons. The van der Waals surface area contributed by atoms with Crippen LogP contribution < -0.4 is 5.48 Å². The smallest absolute Gasteiger partial charge is 0.0606 e. The fraction of sp³-hybridized carbons (Fsp3) is 1.00. The molecule has 1 rings (SSSR count). The lowest BCUT2D eigenvalue weighted by Gasteiger charge is -2.34. The van der Waals surface area contributed by atoms with Crippen LogP contribution in [0.2, 0.25) is 0 Å². The van der Waals surface area contributed by atoms with Crippen molar-refractivity contribution in [3.05, 3.63) is 0 Å². The van der Waals surface area contributed by atoms with Crippen LogP contribution in [0.3, 0.4) is 0 Å². The standard InChI is InChI=1S/C7H15NO2/c1-3-10-7-4-6(5-7)8-9-2/h6-8H,3-5H2,1-2H3. The Bertz CT molecular complexity index is 81.6. The van der Waals surface area contributed by atoms with E-state index in [1.165, 1.54) is 0 Å². The zero-order valence-electron chi connectivity index (χ0n) is 6.59. The van der Waals surface area contributed by atoms with Crippen LogP contribution in [0, 0.1) is 0 Å². The van der Waals surface area contributed by atoms with Gasteiger partial charge in [-0.25, -0.2) is 0 Å². The molecule has 10 heavy (non-hydrogen) atoms. The Morgan fingerprint density at radius 1 is 1.50 bits per heavy atom. The summed E-state index contributed by atoms with van der Waals surface area (Å²) in [5.74, 6) is 0. The molecule has 1 N–H and O–H groups in total. The summed E-state index contributed by atoms with van der Waals surface area (Å²) in [6.07, 6.45) is 2.64. The molecule has 0 atom stereocenters. The summed E-state index contributed by atoms with van der Waals surface area (Å²) in [5.41, 5.74) is 2.89. The molecule has 0 bridgehead atoms. The zero-order valence-corrected chi connectivity index (χ0v) is 6.59. The second-order valence-electron chi connectivity index (χ2n) is 2.57. The van der Waals surface area contributed by atoms with Crippen LogP contribution in [-0.2, 0) is 9.57 Å². The highest BCUT2D eigenvalue weighted by atomic mass is 16.6. The van der Waals surface area contributed by atoms with Crippen molar-refractivity contribution in [3.8, 4) is 0 Å². The number of nitrogens with one attached hydrogen (secondary N) is 1. The molecule has 1 aliphatic rings. The van der Waals surface area contributed by atoms with Crippen LogP contribution in [0.4, 0.5) is 0 Å². The molecule has 0 aliphatic heterocycles. The van der Waals surface area contributed by atoms with Crippen molar-refractivity contribution in [3.63, 3.8) is 0 Å². The Morgan fingerprint density at radius 2 is 2.20 bits per heavy atom. The summed E-state index contributed by atoms with van der Waals surface area (Å²) in [6.45, 7) is 2.85. The van der Waals surface area contributed by atoms with Gasteiger partial charge in [0.05, 0.1) is 13.2 Å². The van der Waals surface area contributed by atoms with Crippen molar-refractivity contribution in [2.45, 2.75) is 31.9 Å². The molecule has 0 saturated heterocycles. The predicted octanol–water partition coefficient (Wildman–Crippen LogP) is 0.705. The van der Waals surface area contributed by atoms with Crippen molar-refractivity contribution in [1.82, 2.24) is 5.48 Å². The minimum atomic E-state index is 0.470. The van der Waals surface area contributed by atoms with E-state index in [1.807, 2.05) is 6.92 Å². The molecule has 0 aromatic rings. The largest absolute Gasteiger partial charge is 0.378 e. The number of rotatable bonds is 4. The van der Waals surface area contributed by atoms with Crippen molar-refractivity contribution < 1.29 is 9.57 Å². The van der Waals surface area contributed by atoms with Gasteiger partial charge < -0.3 is 9.57 Å². The highest BCUT2D eigenvalue weighted by Crippen LogP contribution is 2.22. The van der Waals surface area contributed by atoms with Gasteiger partial charge in [-0.1, -0.05) is 0 Å². The Labute approximate surface area is 61.7 Å². The molecule has 3 heteroatoms. The second-order valence-corrected chi connectivity index (χ2v) is 2.57. The molecule has 0 spiro atoms. The minimum absolute atomic E-state index is 0.470. The molecular weight excluding hydrogens is 130 g/mol. The molecule has 1 aliphatic carbocycles. The van der Waals surface area contributed by atoms with Crippen LogP contribution in [0.25, 0.3) is 0 Å². The van der Waals surface area contributed by atoms with E-state index >= 15 is 0 Å². The van der Waals surface area contributed by atoms with Gasteiger partial charge >= 0.3 is 0 Å². The van der Waals surface area contributed by atoms with Gasteiger partial charge in [-0.05, 0) is 19.8 Å². The number of ether oxygens (including phenoxy) is 1. The van der Waals surface area contributed by atoms with Crippen LogP contribution in [-0.4, -0.2) is 25.9 Å². The Balaban J connectivity index is 1.95. The van der Waals surface area contributed by atoms with E-state index in [9.17, 15) is 0 Å². The van der Waals surface area contributed by atoms with Gasteiger partial charge in [-0.2, -0.15) is 5.48 Å². The fourth-order valence-corrected chi connectivity index (χ4v) is 1.20. The summed E-state index contributed by atoms with van der Waals surface area (Å²) in [4.78, 5) is 4.77. The van der Waals surface area contributed by atoms with Gasteiger partial charge in [0.25, 0.3) is 0 Å².